The third-order valence-electron chi connectivity index (χ3n) is 4.43. The molecule has 144 valence electrons. The number of methoxy groups -OCH3 is 2. The van der Waals surface area contributed by atoms with Crippen molar-refractivity contribution in [2.24, 2.45) is 0 Å². The molecule has 0 aliphatic rings. The van der Waals surface area contributed by atoms with E-state index in [2.05, 4.69) is 10.6 Å². The fourth-order valence-electron chi connectivity index (χ4n) is 2.94. The van der Waals surface area contributed by atoms with Crippen LogP contribution in [0.15, 0.2) is 72.8 Å². The van der Waals surface area contributed by atoms with Gasteiger partial charge in [-0.25, -0.2) is 0 Å². The van der Waals surface area contributed by atoms with Gasteiger partial charge in [-0.1, -0.05) is 48.5 Å². The minimum Gasteiger partial charge on any atom is -0.493 e. The molecule has 0 unspecified atom stereocenters. The number of amides is 1. The maximum atomic E-state index is 12.7. The third-order valence-corrected chi connectivity index (χ3v) is 4.43. The van der Waals surface area contributed by atoms with Crippen LogP contribution in [0.4, 0.5) is 11.4 Å². The highest BCUT2D eigenvalue weighted by Crippen LogP contribution is 2.30. The van der Waals surface area contributed by atoms with E-state index < -0.39 is 6.04 Å². The molecule has 2 N–H and O–H groups in total. The van der Waals surface area contributed by atoms with Gasteiger partial charge in [0.05, 0.1) is 14.2 Å². The molecule has 0 bridgehead atoms. The van der Waals surface area contributed by atoms with Gasteiger partial charge in [0.15, 0.2) is 11.5 Å². The Balaban J connectivity index is 1.74. The van der Waals surface area contributed by atoms with Crippen LogP contribution in [0.3, 0.4) is 0 Å². The second-order valence-corrected chi connectivity index (χ2v) is 6.34. The summed E-state index contributed by atoms with van der Waals surface area (Å²) in [6.07, 6.45) is 0. The van der Waals surface area contributed by atoms with Crippen molar-refractivity contribution < 1.29 is 14.3 Å². The molecule has 0 aliphatic carbocycles. The Morgan fingerprint density at radius 2 is 1.54 bits per heavy atom. The Morgan fingerprint density at radius 3 is 2.25 bits per heavy atom. The van der Waals surface area contributed by atoms with E-state index in [0.29, 0.717) is 11.5 Å². The van der Waals surface area contributed by atoms with Gasteiger partial charge in [-0.2, -0.15) is 0 Å². The molecular formula is C23H24N2O3. The zero-order valence-corrected chi connectivity index (χ0v) is 16.2. The molecule has 0 spiro atoms. The Hall–Kier alpha value is -3.47. The quantitative estimate of drug-likeness (QED) is 0.621. The number of rotatable bonds is 7. The summed E-state index contributed by atoms with van der Waals surface area (Å²) in [5, 5.41) is 6.22. The first-order chi connectivity index (χ1) is 13.6. The molecule has 0 fully saturated rings. The van der Waals surface area contributed by atoms with E-state index >= 15 is 0 Å². The molecule has 5 nitrogen and oxygen atoms in total. The average Bonchev–Trinajstić information content (AvgIpc) is 2.74. The van der Waals surface area contributed by atoms with Crippen molar-refractivity contribution in [2.45, 2.75) is 13.0 Å². The van der Waals surface area contributed by atoms with E-state index in [-0.39, 0.29) is 5.91 Å². The standard InChI is InChI=1S/C23H24N2O3/c1-16(24-18-13-14-21(27-2)22(15-18)28-3)23(26)25-20-12-8-7-11-19(20)17-9-5-4-6-10-17/h4-16,24H,1-3H3,(H,25,26)/t16-/m0/s1. The van der Waals surface area contributed by atoms with Gasteiger partial charge in [-0.3, -0.25) is 4.79 Å². The summed E-state index contributed by atoms with van der Waals surface area (Å²) >= 11 is 0. The summed E-state index contributed by atoms with van der Waals surface area (Å²) in [5.74, 6) is 1.12. The van der Waals surface area contributed by atoms with Crippen molar-refractivity contribution in [3.63, 3.8) is 0 Å². The number of hydrogen-bond acceptors (Lipinski definition) is 4. The Labute approximate surface area is 165 Å². The van der Waals surface area contributed by atoms with Crippen LogP contribution in [0, 0.1) is 0 Å². The van der Waals surface area contributed by atoms with Crippen LogP contribution in [0.5, 0.6) is 11.5 Å². The molecular weight excluding hydrogens is 352 g/mol. The Morgan fingerprint density at radius 1 is 0.857 bits per heavy atom. The highest BCUT2D eigenvalue weighted by Gasteiger charge is 2.16. The number of hydrogen-bond donors (Lipinski definition) is 2. The van der Waals surface area contributed by atoms with Crippen LogP contribution in [0.2, 0.25) is 0 Å². The van der Waals surface area contributed by atoms with Crippen LogP contribution in [-0.4, -0.2) is 26.2 Å². The summed E-state index contributed by atoms with van der Waals surface area (Å²) < 4.78 is 10.6. The normalized spacial score (nSPS) is 11.4. The van der Waals surface area contributed by atoms with Gasteiger partial charge < -0.3 is 20.1 Å². The van der Waals surface area contributed by atoms with Gasteiger partial charge in [0.25, 0.3) is 0 Å². The topological polar surface area (TPSA) is 59.6 Å². The fraction of sp³-hybridized carbons (Fsp3) is 0.174. The molecule has 3 rings (SSSR count). The van der Waals surface area contributed by atoms with Crippen LogP contribution in [-0.2, 0) is 4.79 Å². The number of carbonyl (C=O) groups is 1. The summed E-state index contributed by atoms with van der Waals surface area (Å²) in [6, 6.07) is 22.8. The smallest absolute Gasteiger partial charge is 0.246 e. The minimum absolute atomic E-state index is 0.127. The maximum absolute atomic E-state index is 12.7. The van der Waals surface area contributed by atoms with E-state index in [1.165, 1.54) is 0 Å². The second-order valence-electron chi connectivity index (χ2n) is 6.34. The van der Waals surface area contributed by atoms with E-state index in [0.717, 1.165) is 22.5 Å². The number of benzene rings is 3. The largest absolute Gasteiger partial charge is 0.493 e. The molecule has 0 aromatic heterocycles. The number of nitrogens with one attached hydrogen (secondary N) is 2. The summed E-state index contributed by atoms with van der Waals surface area (Å²) in [7, 11) is 3.17. The zero-order valence-electron chi connectivity index (χ0n) is 16.2. The van der Waals surface area contributed by atoms with Crippen molar-refractivity contribution in [3.05, 3.63) is 72.8 Å². The number of anilines is 2. The number of carbonyl (C=O) groups excluding carboxylic acids is 1. The molecule has 3 aromatic rings. The monoisotopic (exact) mass is 376 g/mol. The molecule has 0 saturated heterocycles. The van der Waals surface area contributed by atoms with Crippen LogP contribution in [0.1, 0.15) is 6.92 Å². The molecule has 3 aromatic carbocycles. The summed E-state index contributed by atoms with van der Waals surface area (Å²) in [5.41, 5.74) is 3.59. The van der Waals surface area contributed by atoms with Crippen molar-refractivity contribution in [1.82, 2.24) is 0 Å². The molecule has 1 atom stereocenters. The molecule has 0 heterocycles. The minimum atomic E-state index is -0.443. The number of para-hydroxylation sites is 1. The lowest BCUT2D eigenvalue weighted by Gasteiger charge is -2.18. The predicted octanol–water partition coefficient (Wildman–Crippen LogP) is 4.81. The SMILES string of the molecule is COc1ccc(N[C@@H](C)C(=O)Nc2ccccc2-c2ccccc2)cc1OC. The average molecular weight is 376 g/mol. The van der Waals surface area contributed by atoms with E-state index in [4.69, 9.17) is 9.47 Å². The summed E-state index contributed by atoms with van der Waals surface area (Å²) in [6.45, 7) is 1.82. The van der Waals surface area contributed by atoms with Crippen molar-refractivity contribution in [3.8, 4) is 22.6 Å². The number of ether oxygens (including phenoxy) is 2. The maximum Gasteiger partial charge on any atom is 0.246 e. The lowest BCUT2D eigenvalue weighted by Crippen LogP contribution is -2.32. The molecule has 28 heavy (non-hydrogen) atoms. The van der Waals surface area contributed by atoms with Gasteiger partial charge in [-0.15, -0.1) is 0 Å². The van der Waals surface area contributed by atoms with Gasteiger partial charge >= 0.3 is 0 Å². The molecule has 0 radical (unpaired) electrons. The highest BCUT2D eigenvalue weighted by molar-refractivity contribution is 5.99. The van der Waals surface area contributed by atoms with Gasteiger partial charge in [0, 0.05) is 23.0 Å². The van der Waals surface area contributed by atoms with Crippen molar-refractivity contribution >= 4 is 17.3 Å². The van der Waals surface area contributed by atoms with E-state index in [9.17, 15) is 4.79 Å². The van der Waals surface area contributed by atoms with E-state index in [1.54, 1.807) is 26.4 Å². The van der Waals surface area contributed by atoms with Crippen molar-refractivity contribution in [1.29, 1.82) is 0 Å². The summed E-state index contributed by atoms with van der Waals surface area (Å²) in [4.78, 5) is 12.7. The molecule has 1 amide bonds. The Kier molecular flexibility index (Phi) is 6.17. The van der Waals surface area contributed by atoms with Crippen LogP contribution >= 0.6 is 0 Å². The van der Waals surface area contributed by atoms with Gasteiger partial charge in [0.1, 0.15) is 6.04 Å². The third kappa shape index (κ3) is 4.43. The van der Waals surface area contributed by atoms with Crippen LogP contribution in [0.25, 0.3) is 11.1 Å². The highest BCUT2D eigenvalue weighted by atomic mass is 16.5. The second kappa shape index (κ2) is 8.95. The first-order valence-corrected chi connectivity index (χ1v) is 9.06. The fourth-order valence-corrected chi connectivity index (χ4v) is 2.94. The Bertz CT molecular complexity index is 942. The molecule has 0 aliphatic heterocycles. The lowest BCUT2D eigenvalue weighted by molar-refractivity contribution is -0.116. The zero-order chi connectivity index (χ0) is 19.9. The van der Waals surface area contributed by atoms with Crippen LogP contribution < -0.4 is 20.1 Å². The predicted molar refractivity (Wildman–Crippen MR) is 113 cm³/mol. The van der Waals surface area contributed by atoms with Gasteiger partial charge in [0.2, 0.25) is 5.91 Å². The molecule has 5 heteroatoms. The van der Waals surface area contributed by atoms with Crippen molar-refractivity contribution in [2.75, 3.05) is 24.9 Å². The van der Waals surface area contributed by atoms with Gasteiger partial charge in [-0.05, 0) is 30.7 Å². The first-order valence-electron chi connectivity index (χ1n) is 9.06. The first kappa shape index (κ1) is 19.3. The molecule has 0 saturated carbocycles. The lowest BCUT2D eigenvalue weighted by atomic mass is 10.0. The van der Waals surface area contributed by atoms with E-state index in [1.807, 2.05) is 67.6 Å².